The lowest BCUT2D eigenvalue weighted by molar-refractivity contribution is -0.131. The van der Waals surface area contributed by atoms with Gasteiger partial charge < -0.3 is 4.90 Å². The van der Waals surface area contributed by atoms with Crippen molar-refractivity contribution in [1.29, 1.82) is 0 Å². The van der Waals surface area contributed by atoms with Crippen LogP contribution in [-0.2, 0) is 4.79 Å². The Morgan fingerprint density at radius 2 is 2.09 bits per heavy atom. The first-order valence-corrected chi connectivity index (χ1v) is 4.64. The summed E-state index contributed by atoms with van der Waals surface area (Å²) in [6, 6.07) is 0. The smallest absolute Gasteiger partial charge is 0.225 e. The fourth-order valence-corrected chi connectivity index (χ4v) is 1.77. The number of hydrogen-bond acceptors (Lipinski definition) is 1. The van der Waals surface area contributed by atoms with Gasteiger partial charge in [0.25, 0.3) is 0 Å². The zero-order valence-corrected chi connectivity index (χ0v) is 7.18. The fourth-order valence-electron chi connectivity index (χ4n) is 1.51. The molecule has 1 amide bonds. The van der Waals surface area contributed by atoms with Crippen LogP contribution < -0.4 is 0 Å². The highest BCUT2D eigenvalue weighted by molar-refractivity contribution is 6.21. The van der Waals surface area contributed by atoms with E-state index in [0.29, 0.717) is 11.8 Å². The molecule has 2 rings (SSSR count). The highest BCUT2D eigenvalue weighted by atomic mass is 35.5. The van der Waals surface area contributed by atoms with Crippen molar-refractivity contribution in [3.05, 3.63) is 0 Å². The highest BCUT2D eigenvalue weighted by Crippen LogP contribution is 2.32. The summed E-state index contributed by atoms with van der Waals surface area (Å²) in [6.07, 6.45) is 3.17. The number of likely N-dealkylation sites (tertiary alicyclic amines) is 1. The van der Waals surface area contributed by atoms with Gasteiger partial charge in [0.05, 0.1) is 5.38 Å². The van der Waals surface area contributed by atoms with Crippen LogP contribution in [0, 0.1) is 5.92 Å². The molecule has 2 fully saturated rings. The molecule has 2 nitrogen and oxygen atoms in total. The van der Waals surface area contributed by atoms with Gasteiger partial charge in [-0.05, 0) is 19.3 Å². The first kappa shape index (κ1) is 7.41. The normalized spacial score (nSPS) is 31.0. The average molecular weight is 174 g/mol. The lowest BCUT2D eigenvalue weighted by atomic mass is 10.3. The number of nitrogens with zero attached hydrogens (tertiary/aromatic N) is 1. The van der Waals surface area contributed by atoms with Gasteiger partial charge >= 0.3 is 0 Å². The molecule has 1 heterocycles. The molecule has 0 aromatic rings. The van der Waals surface area contributed by atoms with Gasteiger partial charge in [0.1, 0.15) is 0 Å². The molecule has 1 aliphatic carbocycles. The number of alkyl halides is 1. The van der Waals surface area contributed by atoms with Crippen molar-refractivity contribution < 1.29 is 4.79 Å². The lowest BCUT2D eigenvalue weighted by Crippen LogP contribution is -2.29. The van der Waals surface area contributed by atoms with Crippen molar-refractivity contribution in [3.8, 4) is 0 Å². The van der Waals surface area contributed by atoms with E-state index in [9.17, 15) is 4.79 Å². The van der Waals surface area contributed by atoms with Crippen molar-refractivity contribution in [2.75, 3.05) is 13.1 Å². The van der Waals surface area contributed by atoms with Gasteiger partial charge in [0.15, 0.2) is 0 Å². The quantitative estimate of drug-likeness (QED) is 0.547. The Labute approximate surface area is 71.5 Å². The van der Waals surface area contributed by atoms with Gasteiger partial charge in [-0.2, -0.15) is 0 Å². The molecular weight excluding hydrogens is 162 g/mol. The predicted octanol–water partition coefficient (Wildman–Crippen LogP) is 1.24. The molecule has 1 aliphatic heterocycles. The number of rotatable bonds is 1. The van der Waals surface area contributed by atoms with Crippen LogP contribution in [0.1, 0.15) is 19.3 Å². The van der Waals surface area contributed by atoms with Crippen LogP contribution in [0.15, 0.2) is 0 Å². The first-order chi connectivity index (χ1) is 5.27. The monoisotopic (exact) mass is 173 g/mol. The maximum absolute atomic E-state index is 11.4. The van der Waals surface area contributed by atoms with E-state index in [1.807, 2.05) is 4.90 Å². The Hall–Kier alpha value is -0.240. The third kappa shape index (κ3) is 1.51. The Balaban J connectivity index is 1.89. The SMILES string of the molecule is O=C(C1CC1)N1CCC(Cl)C1. The van der Waals surface area contributed by atoms with Crippen molar-refractivity contribution >= 4 is 17.5 Å². The van der Waals surface area contributed by atoms with E-state index in [1.54, 1.807) is 0 Å². The largest absolute Gasteiger partial charge is 0.341 e. The minimum atomic E-state index is 0.206. The van der Waals surface area contributed by atoms with Gasteiger partial charge in [0.2, 0.25) is 5.91 Å². The van der Waals surface area contributed by atoms with Crippen molar-refractivity contribution in [1.82, 2.24) is 4.90 Å². The Morgan fingerprint density at radius 1 is 1.36 bits per heavy atom. The van der Waals surface area contributed by atoms with Gasteiger partial charge in [-0.3, -0.25) is 4.79 Å². The molecule has 3 heteroatoms. The van der Waals surface area contributed by atoms with Crippen LogP contribution >= 0.6 is 11.6 Å². The summed E-state index contributed by atoms with van der Waals surface area (Å²) in [5, 5.41) is 0.206. The van der Waals surface area contributed by atoms with Crippen molar-refractivity contribution in [3.63, 3.8) is 0 Å². The van der Waals surface area contributed by atoms with Crippen LogP contribution in [0.4, 0.5) is 0 Å². The van der Waals surface area contributed by atoms with E-state index in [0.717, 1.165) is 32.4 Å². The highest BCUT2D eigenvalue weighted by Gasteiger charge is 2.35. The molecular formula is C8H12ClNO. The van der Waals surface area contributed by atoms with Crippen LogP contribution in [0.3, 0.4) is 0 Å². The summed E-state index contributed by atoms with van der Waals surface area (Å²) < 4.78 is 0. The molecule has 2 aliphatic rings. The summed E-state index contributed by atoms with van der Waals surface area (Å²) in [7, 11) is 0. The standard InChI is InChI=1S/C8H12ClNO/c9-7-3-4-10(5-7)8(11)6-1-2-6/h6-7H,1-5H2. The zero-order chi connectivity index (χ0) is 7.84. The number of halogens is 1. The number of carbonyl (C=O) groups excluding carboxylic acids is 1. The predicted molar refractivity (Wildman–Crippen MR) is 43.6 cm³/mol. The van der Waals surface area contributed by atoms with Crippen LogP contribution in [0.2, 0.25) is 0 Å². The summed E-state index contributed by atoms with van der Waals surface area (Å²) in [5.41, 5.74) is 0. The Morgan fingerprint density at radius 3 is 2.55 bits per heavy atom. The second kappa shape index (κ2) is 2.67. The molecule has 1 saturated heterocycles. The maximum Gasteiger partial charge on any atom is 0.225 e. The van der Waals surface area contributed by atoms with E-state index in [2.05, 4.69) is 0 Å². The molecule has 11 heavy (non-hydrogen) atoms. The van der Waals surface area contributed by atoms with E-state index >= 15 is 0 Å². The molecule has 0 aromatic heterocycles. The molecule has 62 valence electrons. The Bertz CT molecular complexity index is 179. The molecule has 0 radical (unpaired) electrons. The third-order valence-electron chi connectivity index (χ3n) is 2.37. The third-order valence-corrected chi connectivity index (χ3v) is 2.73. The Kier molecular flexibility index (Phi) is 1.80. The molecule has 0 N–H and O–H groups in total. The average Bonchev–Trinajstić information content (AvgIpc) is 2.74. The lowest BCUT2D eigenvalue weighted by Gasteiger charge is -2.14. The van der Waals surface area contributed by atoms with Gasteiger partial charge in [-0.25, -0.2) is 0 Å². The molecule has 0 spiro atoms. The second-order valence-electron chi connectivity index (χ2n) is 3.44. The molecule has 1 atom stereocenters. The van der Waals surface area contributed by atoms with Gasteiger partial charge in [-0.1, -0.05) is 0 Å². The minimum Gasteiger partial charge on any atom is -0.341 e. The first-order valence-electron chi connectivity index (χ1n) is 4.20. The topological polar surface area (TPSA) is 20.3 Å². The van der Waals surface area contributed by atoms with Gasteiger partial charge in [-0.15, -0.1) is 11.6 Å². The van der Waals surface area contributed by atoms with E-state index < -0.39 is 0 Å². The molecule has 1 saturated carbocycles. The van der Waals surface area contributed by atoms with E-state index in [4.69, 9.17) is 11.6 Å². The maximum atomic E-state index is 11.4. The number of amides is 1. The van der Waals surface area contributed by atoms with Crippen molar-refractivity contribution in [2.24, 2.45) is 5.92 Å². The molecule has 0 aromatic carbocycles. The van der Waals surface area contributed by atoms with Crippen LogP contribution in [-0.4, -0.2) is 29.3 Å². The van der Waals surface area contributed by atoms with E-state index in [-0.39, 0.29) is 5.38 Å². The van der Waals surface area contributed by atoms with Crippen molar-refractivity contribution in [2.45, 2.75) is 24.6 Å². The summed E-state index contributed by atoms with van der Waals surface area (Å²) in [6.45, 7) is 1.65. The number of hydrogen-bond donors (Lipinski definition) is 0. The summed E-state index contributed by atoms with van der Waals surface area (Å²) >= 11 is 5.88. The molecule has 0 bridgehead atoms. The van der Waals surface area contributed by atoms with E-state index in [1.165, 1.54) is 0 Å². The summed E-state index contributed by atoms with van der Waals surface area (Å²) in [5.74, 6) is 0.699. The fraction of sp³-hybridized carbons (Fsp3) is 0.875. The number of carbonyl (C=O) groups is 1. The van der Waals surface area contributed by atoms with Crippen LogP contribution in [0.25, 0.3) is 0 Å². The molecule has 1 unspecified atom stereocenters. The second-order valence-corrected chi connectivity index (χ2v) is 4.06. The zero-order valence-electron chi connectivity index (χ0n) is 6.42. The van der Waals surface area contributed by atoms with Crippen LogP contribution in [0.5, 0.6) is 0 Å². The minimum absolute atomic E-state index is 0.206. The summed E-state index contributed by atoms with van der Waals surface area (Å²) in [4.78, 5) is 13.3. The van der Waals surface area contributed by atoms with Gasteiger partial charge in [0, 0.05) is 19.0 Å².